The third-order valence-electron chi connectivity index (χ3n) is 2.54. The molecule has 0 aliphatic carbocycles. The van der Waals surface area contributed by atoms with Crippen LogP contribution in [0.3, 0.4) is 0 Å². The molecule has 0 saturated heterocycles. The molecule has 1 N–H and O–H groups in total. The van der Waals surface area contributed by atoms with Gasteiger partial charge in [0.05, 0.1) is 20.1 Å². The number of hydrogen-bond acceptors (Lipinski definition) is 3. The normalized spacial score (nSPS) is 10.1. The van der Waals surface area contributed by atoms with Crippen molar-refractivity contribution < 1.29 is 9.53 Å². The average Bonchev–Trinajstić information content (AvgIpc) is 2.90. The van der Waals surface area contributed by atoms with E-state index in [9.17, 15) is 4.79 Å². The monoisotopic (exact) mass is 261 g/mol. The third kappa shape index (κ3) is 3.60. The summed E-state index contributed by atoms with van der Waals surface area (Å²) in [6.07, 6.45) is 0.378. The lowest BCUT2D eigenvalue weighted by molar-refractivity contribution is -0.120. The molecule has 0 radical (unpaired) electrons. The summed E-state index contributed by atoms with van der Waals surface area (Å²) in [5.41, 5.74) is 0.957. The number of thiophene rings is 1. The largest absolute Gasteiger partial charge is 0.497 e. The van der Waals surface area contributed by atoms with E-state index in [2.05, 4.69) is 5.32 Å². The fourth-order valence-corrected chi connectivity index (χ4v) is 2.27. The van der Waals surface area contributed by atoms with Gasteiger partial charge in [-0.05, 0) is 29.1 Å². The van der Waals surface area contributed by atoms with Gasteiger partial charge in [-0.3, -0.25) is 4.79 Å². The van der Waals surface area contributed by atoms with E-state index in [1.807, 2.05) is 41.8 Å². The van der Waals surface area contributed by atoms with Crippen molar-refractivity contribution in [1.82, 2.24) is 5.32 Å². The molecule has 2 rings (SSSR count). The van der Waals surface area contributed by atoms with Crippen molar-refractivity contribution in [2.45, 2.75) is 13.0 Å². The van der Waals surface area contributed by atoms with E-state index in [0.717, 1.165) is 16.2 Å². The highest BCUT2D eigenvalue weighted by Crippen LogP contribution is 2.13. The van der Waals surface area contributed by atoms with Crippen molar-refractivity contribution in [3.63, 3.8) is 0 Å². The molecule has 94 valence electrons. The second-order valence-corrected chi connectivity index (χ2v) is 4.92. The molecule has 4 heteroatoms. The van der Waals surface area contributed by atoms with Crippen molar-refractivity contribution in [1.29, 1.82) is 0 Å². The Morgan fingerprint density at radius 2 is 2.22 bits per heavy atom. The van der Waals surface area contributed by atoms with Gasteiger partial charge in [0, 0.05) is 4.88 Å². The molecular formula is C14H15NO2S. The van der Waals surface area contributed by atoms with Gasteiger partial charge in [-0.25, -0.2) is 0 Å². The smallest absolute Gasteiger partial charge is 0.224 e. The highest BCUT2D eigenvalue weighted by molar-refractivity contribution is 7.09. The van der Waals surface area contributed by atoms with E-state index in [0.29, 0.717) is 13.0 Å². The lowest BCUT2D eigenvalue weighted by atomic mass is 10.1. The number of methoxy groups -OCH3 is 1. The molecule has 0 atom stereocenters. The van der Waals surface area contributed by atoms with Crippen LogP contribution in [0, 0.1) is 0 Å². The summed E-state index contributed by atoms with van der Waals surface area (Å²) < 4.78 is 5.13. The van der Waals surface area contributed by atoms with Gasteiger partial charge in [0.1, 0.15) is 5.75 Å². The Morgan fingerprint density at radius 1 is 1.33 bits per heavy atom. The summed E-state index contributed by atoms with van der Waals surface area (Å²) in [4.78, 5) is 12.9. The molecule has 3 nitrogen and oxygen atoms in total. The van der Waals surface area contributed by atoms with Crippen LogP contribution in [-0.2, 0) is 17.8 Å². The molecule has 0 aliphatic rings. The minimum Gasteiger partial charge on any atom is -0.497 e. The fourth-order valence-electron chi connectivity index (χ4n) is 1.63. The molecule has 18 heavy (non-hydrogen) atoms. The van der Waals surface area contributed by atoms with E-state index in [1.165, 1.54) is 0 Å². The molecule has 0 saturated carbocycles. The summed E-state index contributed by atoms with van der Waals surface area (Å²) >= 11 is 1.64. The van der Waals surface area contributed by atoms with Gasteiger partial charge in [0.25, 0.3) is 0 Å². The lowest BCUT2D eigenvalue weighted by Gasteiger charge is -2.05. The summed E-state index contributed by atoms with van der Waals surface area (Å²) in [7, 11) is 1.62. The highest BCUT2D eigenvalue weighted by atomic mass is 32.1. The van der Waals surface area contributed by atoms with Crippen LogP contribution >= 0.6 is 11.3 Å². The maximum absolute atomic E-state index is 11.8. The van der Waals surface area contributed by atoms with E-state index in [1.54, 1.807) is 18.4 Å². The minimum absolute atomic E-state index is 0.0247. The van der Waals surface area contributed by atoms with Gasteiger partial charge in [-0.15, -0.1) is 11.3 Å². The highest BCUT2D eigenvalue weighted by Gasteiger charge is 2.04. The quantitative estimate of drug-likeness (QED) is 0.898. The first-order valence-corrected chi connectivity index (χ1v) is 6.58. The first-order chi connectivity index (χ1) is 8.78. The van der Waals surface area contributed by atoms with Crippen LogP contribution in [-0.4, -0.2) is 13.0 Å². The number of hydrogen-bond donors (Lipinski definition) is 1. The molecule has 0 bridgehead atoms. The van der Waals surface area contributed by atoms with Gasteiger partial charge in [-0.1, -0.05) is 18.2 Å². The molecule has 0 aliphatic heterocycles. The Kier molecular flexibility index (Phi) is 4.36. The van der Waals surface area contributed by atoms with Crippen molar-refractivity contribution in [2.24, 2.45) is 0 Å². The zero-order valence-corrected chi connectivity index (χ0v) is 11.0. The van der Waals surface area contributed by atoms with Crippen LogP contribution in [0.2, 0.25) is 0 Å². The SMILES string of the molecule is COc1cccc(CC(=O)NCc2cccs2)c1. The second-order valence-electron chi connectivity index (χ2n) is 3.88. The number of amides is 1. The Morgan fingerprint density at radius 3 is 2.94 bits per heavy atom. The van der Waals surface area contributed by atoms with E-state index in [-0.39, 0.29) is 5.91 Å². The van der Waals surface area contributed by atoms with Crippen LogP contribution < -0.4 is 10.1 Å². The number of rotatable bonds is 5. The summed E-state index contributed by atoms with van der Waals surface area (Å²) in [5.74, 6) is 0.801. The van der Waals surface area contributed by atoms with Crippen LogP contribution in [0.5, 0.6) is 5.75 Å². The zero-order chi connectivity index (χ0) is 12.8. The number of ether oxygens (including phenoxy) is 1. The predicted molar refractivity (Wildman–Crippen MR) is 72.9 cm³/mol. The van der Waals surface area contributed by atoms with Gasteiger partial charge >= 0.3 is 0 Å². The number of carbonyl (C=O) groups excluding carboxylic acids is 1. The minimum atomic E-state index is 0.0247. The van der Waals surface area contributed by atoms with E-state index in [4.69, 9.17) is 4.74 Å². The van der Waals surface area contributed by atoms with Crippen molar-refractivity contribution in [3.8, 4) is 5.75 Å². The summed E-state index contributed by atoms with van der Waals surface area (Å²) in [6.45, 7) is 0.598. The Hall–Kier alpha value is -1.81. The molecular weight excluding hydrogens is 246 g/mol. The van der Waals surface area contributed by atoms with Gasteiger partial charge in [0.2, 0.25) is 5.91 Å². The predicted octanol–water partition coefficient (Wildman–Crippen LogP) is 2.62. The molecule has 0 unspecified atom stereocenters. The standard InChI is InChI=1S/C14H15NO2S/c1-17-12-5-2-4-11(8-12)9-14(16)15-10-13-6-3-7-18-13/h2-8H,9-10H2,1H3,(H,15,16). The molecule has 0 spiro atoms. The number of nitrogens with one attached hydrogen (secondary N) is 1. The number of carbonyl (C=O) groups is 1. The van der Waals surface area contributed by atoms with E-state index >= 15 is 0 Å². The molecule has 1 amide bonds. The molecule has 2 aromatic rings. The lowest BCUT2D eigenvalue weighted by Crippen LogP contribution is -2.24. The molecule has 1 heterocycles. The molecule has 0 fully saturated rings. The zero-order valence-electron chi connectivity index (χ0n) is 10.2. The van der Waals surface area contributed by atoms with Crippen molar-refractivity contribution >= 4 is 17.2 Å². The maximum Gasteiger partial charge on any atom is 0.224 e. The number of benzene rings is 1. The summed E-state index contributed by atoms with van der Waals surface area (Å²) in [6, 6.07) is 11.6. The van der Waals surface area contributed by atoms with Gasteiger partial charge < -0.3 is 10.1 Å². The van der Waals surface area contributed by atoms with Gasteiger partial charge in [0.15, 0.2) is 0 Å². The second kappa shape index (κ2) is 6.21. The van der Waals surface area contributed by atoms with Crippen molar-refractivity contribution in [2.75, 3.05) is 7.11 Å². The Labute approximate surface area is 110 Å². The first kappa shape index (κ1) is 12.6. The van der Waals surface area contributed by atoms with Gasteiger partial charge in [-0.2, -0.15) is 0 Å². The Bertz CT molecular complexity index is 508. The average molecular weight is 261 g/mol. The van der Waals surface area contributed by atoms with E-state index < -0.39 is 0 Å². The fraction of sp³-hybridized carbons (Fsp3) is 0.214. The van der Waals surface area contributed by atoms with Crippen LogP contribution in [0.15, 0.2) is 41.8 Å². The maximum atomic E-state index is 11.8. The first-order valence-electron chi connectivity index (χ1n) is 5.70. The molecule has 1 aromatic heterocycles. The molecule has 1 aromatic carbocycles. The Balaban J connectivity index is 1.86. The summed E-state index contributed by atoms with van der Waals surface area (Å²) in [5, 5.41) is 4.91. The topological polar surface area (TPSA) is 38.3 Å². The van der Waals surface area contributed by atoms with Crippen LogP contribution in [0.1, 0.15) is 10.4 Å². The van der Waals surface area contributed by atoms with Crippen molar-refractivity contribution in [3.05, 3.63) is 52.2 Å². The van der Waals surface area contributed by atoms with Crippen LogP contribution in [0.4, 0.5) is 0 Å². The van der Waals surface area contributed by atoms with Crippen LogP contribution in [0.25, 0.3) is 0 Å². The third-order valence-corrected chi connectivity index (χ3v) is 3.42.